The van der Waals surface area contributed by atoms with Gasteiger partial charge in [0.1, 0.15) is 0 Å². The molecule has 0 amide bonds. The molecule has 0 fully saturated rings. The van der Waals surface area contributed by atoms with Gasteiger partial charge < -0.3 is 0 Å². The minimum Gasteiger partial charge on any atom is -0.292 e. The summed E-state index contributed by atoms with van der Waals surface area (Å²) in [5, 5.41) is 0. The van der Waals surface area contributed by atoms with Crippen LogP contribution in [0.1, 0.15) is 24.2 Å². The third-order valence-electron chi connectivity index (χ3n) is 2.73. The quantitative estimate of drug-likeness (QED) is 0.734. The summed E-state index contributed by atoms with van der Waals surface area (Å²) in [4.78, 5) is 12.2. The fourth-order valence-corrected chi connectivity index (χ4v) is 5.72. The molecule has 1 rings (SSSR count). The first kappa shape index (κ1) is 15.8. The van der Waals surface area contributed by atoms with Crippen LogP contribution in [0.15, 0.2) is 30.3 Å². The maximum atomic E-state index is 12.2. The maximum Gasteiger partial charge on any atom is 0.225 e. The fourth-order valence-electron chi connectivity index (χ4n) is 1.59. The number of carbonyl (C=O) groups is 1. The summed E-state index contributed by atoms with van der Waals surface area (Å²) in [6.07, 6.45) is 0. The summed E-state index contributed by atoms with van der Waals surface area (Å²) < 4.78 is 45.7. The number of carbonyl (C=O) groups excluding carboxylic acids is 1. The van der Waals surface area contributed by atoms with Crippen LogP contribution in [-0.4, -0.2) is 38.7 Å². The van der Waals surface area contributed by atoms with Crippen molar-refractivity contribution in [2.24, 2.45) is 0 Å². The summed E-state index contributed by atoms with van der Waals surface area (Å²) in [6.45, 7) is 2.65. The van der Waals surface area contributed by atoms with Gasteiger partial charge in [-0.3, -0.25) is 4.79 Å². The normalized spacial score (nSPS) is 12.6. The van der Waals surface area contributed by atoms with E-state index in [4.69, 9.17) is 0 Å². The van der Waals surface area contributed by atoms with E-state index >= 15 is 0 Å². The molecule has 0 aliphatic heterocycles. The summed E-state index contributed by atoms with van der Waals surface area (Å²) in [7, 11) is -8.03. The Kier molecular flexibility index (Phi) is 4.86. The third-order valence-corrected chi connectivity index (χ3v) is 7.83. The molecule has 19 heavy (non-hydrogen) atoms. The van der Waals surface area contributed by atoms with Gasteiger partial charge >= 0.3 is 0 Å². The van der Waals surface area contributed by atoms with E-state index in [0.29, 0.717) is 0 Å². The van der Waals surface area contributed by atoms with Crippen molar-refractivity contribution >= 4 is 25.5 Å². The van der Waals surface area contributed by atoms with Gasteiger partial charge in [-0.25, -0.2) is 16.8 Å². The molecule has 0 unspecified atom stereocenters. The molecule has 0 atom stereocenters. The summed E-state index contributed by atoms with van der Waals surface area (Å²) in [6, 6.07) is 7.59. The average molecular weight is 304 g/mol. The van der Waals surface area contributed by atoms with Crippen molar-refractivity contribution < 1.29 is 21.6 Å². The van der Waals surface area contributed by atoms with Gasteiger partial charge in [-0.1, -0.05) is 44.2 Å². The smallest absolute Gasteiger partial charge is 0.225 e. The van der Waals surface area contributed by atoms with Crippen LogP contribution in [0.4, 0.5) is 0 Å². The van der Waals surface area contributed by atoms with Crippen molar-refractivity contribution in [1.82, 2.24) is 0 Å². The zero-order chi connectivity index (χ0) is 14.7. The van der Waals surface area contributed by atoms with Gasteiger partial charge in [0.05, 0.1) is 0 Å². The first-order valence-electron chi connectivity index (χ1n) is 5.78. The van der Waals surface area contributed by atoms with Gasteiger partial charge in [0.2, 0.25) is 4.58 Å². The van der Waals surface area contributed by atoms with E-state index in [-0.39, 0.29) is 5.56 Å². The van der Waals surface area contributed by atoms with Crippen molar-refractivity contribution in [2.45, 2.75) is 18.4 Å². The Hall–Kier alpha value is -1.21. The zero-order valence-electron chi connectivity index (χ0n) is 10.7. The second-order valence-corrected chi connectivity index (χ2v) is 9.01. The topological polar surface area (TPSA) is 85.3 Å². The van der Waals surface area contributed by atoms with Gasteiger partial charge in [0, 0.05) is 17.1 Å². The molecule has 7 heteroatoms. The zero-order valence-corrected chi connectivity index (χ0v) is 12.4. The highest BCUT2D eigenvalue weighted by Gasteiger charge is 2.41. The van der Waals surface area contributed by atoms with Crippen LogP contribution >= 0.6 is 0 Å². The number of Topliss-reactive ketones (excluding diaryl/α,β-unsaturated/α-hetero) is 1. The number of benzene rings is 1. The van der Waals surface area contributed by atoms with Crippen molar-refractivity contribution in [2.75, 3.05) is 11.5 Å². The highest BCUT2D eigenvalue weighted by molar-refractivity contribution is 8.10. The molecule has 0 spiro atoms. The summed E-state index contributed by atoms with van der Waals surface area (Å²) >= 11 is 0. The molecular weight excluding hydrogens is 288 g/mol. The average Bonchev–Trinajstić information content (AvgIpc) is 2.39. The summed E-state index contributed by atoms with van der Waals surface area (Å²) in [5.41, 5.74) is 0.0848. The largest absolute Gasteiger partial charge is 0.292 e. The Morgan fingerprint density at radius 3 is 1.74 bits per heavy atom. The molecular formula is C12H16O5S2. The monoisotopic (exact) mass is 304 g/mol. The lowest BCUT2D eigenvalue weighted by atomic mass is 10.1. The van der Waals surface area contributed by atoms with Crippen molar-refractivity contribution in [3.63, 3.8) is 0 Å². The van der Waals surface area contributed by atoms with E-state index < -0.39 is 41.5 Å². The number of rotatable bonds is 6. The van der Waals surface area contributed by atoms with E-state index in [1.54, 1.807) is 18.2 Å². The van der Waals surface area contributed by atoms with Crippen LogP contribution < -0.4 is 0 Å². The van der Waals surface area contributed by atoms with Crippen LogP contribution in [0.5, 0.6) is 0 Å². The fraction of sp³-hybridized carbons (Fsp3) is 0.417. The molecule has 0 N–H and O–H groups in total. The maximum absolute atomic E-state index is 12.2. The van der Waals surface area contributed by atoms with E-state index in [2.05, 4.69) is 0 Å². The van der Waals surface area contributed by atoms with Crippen molar-refractivity contribution in [3.05, 3.63) is 35.9 Å². The van der Waals surface area contributed by atoms with Crippen LogP contribution in [0.2, 0.25) is 0 Å². The first-order chi connectivity index (χ1) is 8.76. The Labute approximate surface area is 113 Å². The van der Waals surface area contributed by atoms with E-state index in [9.17, 15) is 21.6 Å². The summed E-state index contributed by atoms with van der Waals surface area (Å²) in [5.74, 6) is -1.67. The molecule has 0 radical (unpaired) electrons. The minimum atomic E-state index is -4.01. The van der Waals surface area contributed by atoms with Crippen LogP contribution in [-0.2, 0) is 19.7 Å². The first-order valence-corrected chi connectivity index (χ1v) is 9.21. The highest BCUT2D eigenvalue weighted by Crippen LogP contribution is 2.18. The minimum absolute atomic E-state index is 0.0848. The lowest BCUT2D eigenvalue weighted by Gasteiger charge is -2.15. The third kappa shape index (κ3) is 3.42. The lowest BCUT2D eigenvalue weighted by Crippen LogP contribution is -2.39. The number of hydrogen-bond donors (Lipinski definition) is 0. The Morgan fingerprint density at radius 2 is 1.37 bits per heavy atom. The standard InChI is InChI=1S/C12H16O5S2/c1-3-18(14,15)12(19(16,17)4-2)11(13)10-8-6-5-7-9-10/h5-9,12H,3-4H2,1-2H3. The molecule has 0 aliphatic carbocycles. The molecule has 0 heterocycles. The van der Waals surface area contributed by atoms with Gasteiger partial charge in [0.25, 0.3) is 0 Å². The van der Waals surface area contributed by atoms with Crippen LogP contribution in [0.3, 0.4) is 0 Å². The predicted molar refractivity (Wildman–Crippen MR) is 73.5 cm³/mol. The van der Waals surface area contributed by atoms with E-state index in [1.807, 2.05) is 0 Å². The van der Waals surface area contributed by atoms with Crippen molar-refractivity contribution in [3.8, 4) is 0 Å². The highest BCUT2D eigenvalue weighted by atomic mass is 32.3. The lowest BCUT2D eigenvalue weighted by molar-refractivity contribution is 0.101. The van der Waals surface area contributed by atoms with Crippen molar-refractivity contribution in [1.29, 1.82) is 0 Å². The molecule has 0 saturated heterocycles. The van der Waals surface area contributed by atoms with Gasteiger partial charge in [-0.15, -0.1) is 0 Å². The SMILES string of the molecule is CCS(=O)(=O)C(C(=O)c1ccccc1)S(=O)(=O)CC. The van der Waals surface area contributed by atoms with E-state index in [0.717, 1.165) is 0 Å². The van der Waals surface area contributed by atoms with Gasteiger partial charge in [0.15, 0.2) is 25.5 Å². The number of sulfone groups is 2. The second kappa shape index (κ2) is 5.83. The molecule has 0 aromatic heterocycles. The molecule has 5 nitrogen and oxygen atoms in total. The Balaban J connectivity index is 3.40. The molecule has 0 bridgehead atoms. The van der Waals surface area contributed by atoms with Crippen LogP contribution in [0.25, 0.3) is 0 Å². The second-order valence-electron chi connectivity index (χ2n) is 3.97. The van der Waals surface area contributed by atoms with Gasteiger partial charge in [-0.2, -0.15) is 0 Å². The number of hydrogen-bond acceptors (Lipinski definition) is 5. The Morgan fingerprint density at radius 1 is 0.947 bits per heavy atom. The Bertz CT molecular complexity index is 611. The molecule has 1 aromatic rings. The number of ketones is 1. The van der Waals surface area contributed by atoms with E-state index in [1.165, 1.54) is 26.0 Å². The van der Waals surface area contributed by atoms with Gasteiger partial charge in [-0.05, 0) is 0 Å². The molecule has 1 aromatic carbocycles. The molecule has 0 saturated carbocycles. The molecule has 106 valence electrons. The predicted octanol–water partition coefficient (Wildman–Crippen LogP) is 1.06. The van der Waals surface area contributed by atoms with Crippen LogP contribution in [0, 0.1) is 0 Å². The molecule has 0 aliphatic rings.